The van der Waals surface area contributed by atoms with Crippen LogP contribution in [-0.2, 0) is 6.67 Å². The third-order valence-electron chi connectivity index (χ3n) is 1.48. The first kappa shape index (κ1) is 8.45. The zero-order valence-corrected chi connectivity index (χ0v) is 6.16. The number of nitro groups is 1. The van der Waals surface area contributed by atoms with Crippen LogP contribution in [0, 0.1) is 10.1 Å². The first-order valence-corrected chi connectivity index (χ1v) is 3.24. The quantitative estimate of drug-likeness (QED) is 0.416. The fourth-order valence-electron chi connectivity index (χ4n) is 0.942. The average Bonchev–Trinajstić information content (AvgIpc) is 2.03. The molecular formula is C7H7FN2O2. The molecule has 0 saturated heterocycles. The van der Waals surface area contributed by atoms with Crippen LogP contribution in [0.25, 0.3) is 0 Å². The first-order chi connectivity index (χ1) is 5.66. The van der Waals surface area contributed by atoms with Crippen LogP contribution in [0.2, 0.25) is 0 Å². The fraction of sp³-hybridized carbons (Fsp3) is 0.143. The Hall–Kier alpha value is -1.65. The second-order valence-corrected chi connectivity index (χ2v) is 2.25. The van der Waals surface area contributed by atoms with E-state index in [0.29, 0.717) is 0 Å². The van der Waals surface area contributed by atoms with E-state index in [1.54, 1.807) is 0 Å². The lowest BCUT2D eigenvalue weighted by atomic mass is 10.2. The number of halogens is 1. The van der Waals surface area contributed by atoms with Crippen LogP contribution in [0.4, 0.5) is 15.8 Å². The number of hydrogen-bond donors (Lipinski definition) is 1. The molecule has 0 unspecified atom stereocenters. The highest BCUT2D eigenvalue weighted by Crippen LogP contribution is 2.26. The Morgan fingerprint density at radius 2 is 2.25 bits per heavy atom. The number of nitrogen functional groups attached to an aromatic ring is 1. The number of nitrogens with two attached hydrogens (primary N) is 1. The molecule has 2 N–H and O–H groups in total. The van der Waals surface area contributed by atoms with Crippen molar-refractivity contribution in [1.29, 1.82) is 0 Å². The van der Waals surface area contributed by atoms with E-state index < -0.39 is 11.6 Å². The molecule has 0 heterocycles. The number of rotatable bonds is 2. The van der Waals surface area contributed by atoms with Gasteiger partial charge in [-0.3, -0.25) is 10.1 Å². The molecular weight excluding hydrogens is 163 g/mol. The number of benzene rings is 1. The fourth-order valence-corrected chi connectivity index (χ4v) is 0.942. The predicted molar refractivity (Wildman–Crippen MR) is 42.3 cm³/mol. The van der Waals surface area contributed by atoms with E-state index in [9.17, 15) is 14.5 Å². The van der Waals surface area contributed by atoms with Crippen molar-refractivity contribution < 1.29 is 9.31 Å². The van der Waals surface area contributed by atoms with Gasteiger partial charge in [0.2, 0.25) is 0 Å². The van der Waals surface area contributed by atoms with Crippen molar-refractivity contribution in [2.75, 3.05) is 5.73 Å². The van der Waals surface area contributed by atoms with Gasteiger partial charge in [0.1, 0.15) is 12.4 Å². The van der Waals surface area contributed by atoms with E-state index in [0.717, 1.165) is 0 Å². The molecule has 1 aromatic rings. The molecule has 1 aromatic carbocycles. The van der Waals surface area contributed by atoms with Crippen molar-refractivity contribution in [1.82, 2.24) is 0 Å². The van der Waals surface area contributed by atoms with Crippen molar-refractivity contribution in [2.24, 2.45) is 0 Å². The molecule has 1 rings (SSSR count). The molecule has 4 nitrogen and oxygen atoms in total. The van der Waals surface area contributed by atoms with Gasteiger partial charge in [-0.1, -0.05) is 6.07 Å². The van der Waals surface area contributed by atoms with Gasteiger partial charge in [0.25, 0.3) is 5.69 Å². The zero-order valence-electron chi connectivity index (χ0n) is 6.16. The van der Waals surface area contributed by atoms with Crippen molar-refractivity contribution in [2.45, 2.75) is 6.67 Å². The lowest BCUT2D eigenvalue weighted by molar-refractivity contribution is -0.384. The van der Waals surface area contributed by atoms with Gasteiger partial charge in [-0.25, -0.2) is 4.39 Å². The molecule has 0 amide bonds. The lowest BCUT2D eigenvalue weighted by Gasteiger charge is -1.99. The van der Waals surface area contributed by atoms with E-state index >= 15 is 0 Å². The summed E-state index contributed by atoms with van der Waals surface area (Å²) in [6.45, 7) is -0.874. The number of para-hydroxylation sites is 1. The number of alkyl halides is 1. The summed E-state index contributed by atoms with van der Waals surface area (Å²) < 4.78 is 12.2. The summed E-state index contributed by atoms with van der Waals surface area (Å²) in [5, 5.41) is 10.4. The predicted octanol–water partition coefficient (Wildman–Crippen LogP) is 1.65. The third-order valence-corrected chi connectivity index (χ3v) is 1.48. The van der Waals surface area contributed by atoms with E-state index in [-0.39, 0.29) is 16.9 Å². The maximum absolute atomic E-state index is 12.2. The Bertz CT molecular complexity index is 314. The Morgan fingerprint density at radius 3 is 2.67 bits per heavy atom. The van der Waals surface area contributed by atoms with Gasteiger partial charge in [-0.05, 0) is 12.1 Å². The van der Waals surface area contributed by atoms with Crippen LogP contribution in [0.1, 0.15) is 5.56 Å². The molecule has 0 radical (unpaired) electrons. The highest BCUT2D eigenvalue weighted by Gasteiger charge is 2.16. The van der Waals surface area contributed by atoms with Crippen molar-refractivity contribution >= 4 is 11.4 Å². The number of nitrogens with zero attached hydrogens (tertiary/aromatic N) is 1. The van der Waals surface area contributed by atoms with Gasteiger partial charge in [-0.2, -0.15) is 0 Å². The SMILES string of the molecule is Nc1cccc(CF)c1[N+](=O)[O-]. The summed E-state index contributed by atoms with van der Waals surface area (Å²) in [5.41, 5.74) is 4.97. The molecule has 0 aliphatic carbocycles. The number of hydrogen-bond acceptors (Lipinski definition) is 3. The summed E-state index contributed by atoms with van der Waals surface area (Å²) >= 11 is 0. The Kier molecular flexibility index (Phi) is 2.23. The zero-order chi connectivity index (χ0) is 9.14. The van der Waals surface area contributed by atoms with Crippen molar-refractivity contribution in [3.63, 3.8) is 0 Å². The molecule has 64 valence electrons. The molecule has 0 saturated carbocycles. The average molecular weight is 170 g/mol. The van der Waals surface area contributed by atoms with Crippen LogP contribution in [0.15, 0.2) is 18.2 Å². The van der Waals surface area contributed by atoms with Crippen molar-refractivity contribution in [3.05, 3.63) is 33.9 Å². The van der Waals surface area contributed by atoms with Gasteiger partial charge in [0.05, 0.1) is 10.5 Å². The normalized spacial score (nSPS) is 9.75. The highest BCUT2D eigenvalue weighted by molar-refractivity contribution is 5.61. The minimum absolute atomic E-state index is 0.00449. The highest BCUT2D eigenvalue weighted by atomic mass is 19.1. The van der Waals surface area contributed by atoms with E-state index in [2.05, 4.69) is 0 Å². The van der Waals surface area contributed by atoms with E-state index in [4.69, 9.17) is 5.73 Å². The van der Waals surface area contributed by atoms with Gasteiger partial charge < -0.3 is 5.73 Å². The third kappa shape index (κ3) is 1.34. The summed E-state index contributed by atoms with van der Waals surface area (Å²) in [6, 6.07) is 4.20. The maximum Gasteiger partial charge on any atom is 0.297 e. The van der Waals surface area contributed by atoms with Crippen molar-refractivity contribution in [3.8, 4) is 0 Å². The monoisotopic (exact) mass is 170 g/mol. The second-order valence-electron chi connectivity index (χ2n) is 2.25. The number of nitro benzene ring substituents is 1. The first-order valence-electron chi connectivity index (χ1n) is 3.24. The van der Waals surface area contributed by atoms with E-state index in [1.807, 2.05) is 0 Å². The van der Waals surface area contributed by atoms with Crippen LogP contribution < -0.4 is 5.73 Å². The molecule has 0 spiro atoms. The van der Waals surface area contributed by atoms with Crippen LogP contribution in [-0.4, -0.2) is 4.92 Å². The summed E-state index contributed by atoms with van der Waals surface area (Å²) in [5.74, 6) is 0. The van der Waals surface area contributed by atoms with Gasteiger partial charge >= 0.3 is 0 Å². The largest absolute Gasteiger partial charge is 0.393 e. The molecule has 0 fully saturated rings. The Morgan fingerprint density at radius 1 is 1.58 bits per heavy atom. The molecule has 0 aliphatic rings. The smallest absolute Gasteiger partial charge is 0.297 e. The van der Waals surface area contributed by atoms with Gasteiger partial charge in [0, 0.05) is 0 Å². The van der Waals surface area contributed by atoms with Crippen LogP contribution >= 0.6 is 0 Å². The minimum atomic E-state index is -0.874. The van der Waals surface area contributed by atoms with Gasteiger partial charge in [-0.15, -0.1) is 0 Å². The molecule has 12 heavy (non-hydrogen) atoms. The topological polar surface area (TPSA) is 69.2 Å². The minimum Gasteiger partial charge on any atom is -0.393 e. The second kappa shape index (κ2) is 3.17. The molecule has 0 aromatic heterocycles. The molecule has 0 atom stereocenters. The summed E-state index contributed by atoms with van der Waals surface area (Å²) in [6.07, 6.45) is 0. The summed E-state index contributed by atoms with van der Waals surface area (Å²) in [7, 11) is 0. The molecule has 0 aliphatic heterocycles. The summed E-state index contributed by atoms with van der Waals surface area (Å²) in [4.78, 5) is 9.68. The molecule has 5 heteroatoms. The standard InChI is InChI=1S/C7H7FN2O2/c8-4-5-2-1-3-6(9)7(5)10(11)12/h1-3H,4,9H2. The number of anilines is 1. The van der Waals surface area contributed by atoms with Crippen LogP contribution in [0.5, 0.6) is 0 Å². The van der Waals surface area contributed by atoms with Crippen LogP contribution in [0.3, 0.4) is 0 Å². The lowest BCUT2D eigenvalue weighted by Crippen LogP contribution is -1.98. The maximum atomic E-state index is 12.2. The molecule has 0 bridgehead atoms. The van der Waals surface area contributed by atoms with Gasteiger partial charge in [0.15, 0.2) is 0 Å². The Labute approximate surface area is 68.0 Å². The van der Waals surface area contributed by atoms with E-state index in [1.165, 1.54) is 18.2 Å². The Balaban J connectivity index is 3.29.